The number of nitrogens with two attached hydrogens (primary N) is 1. The zero-order valence-corrected chi connectivity index (χ0v) is 21.3. The van der Waals surface area contributed by atoms with E-state index in [9.17, 15) is 13.6 Å². The van der Waals surface area contributed by atoms with Crippen LogP contribution in [0.1, 0.15) is 5.56 Å². The summed E-state index contributed by atoms with van der Waals surface area (Å²) in [5.74, 6) is 5.10. The number of fused-ring (bicyclic) bond motifs is 1. The number of aromatic nitrogens is 2. The van der Waals surface area contributed by atoms with Crippen molar-refractivity contribution in [3.63, 3.8) is 0 Å². The zero-order valence-electron chi connectivity index (χ0n) is 21.3. The van der Waals surface area contributed by atoms with Crippen molar-refractivity contribution < 1.29 is 18.3 Å². The first-order chi connectivity index (χ1) is 18.1. The number of hydrogen-bond acceptors (Lipinski definition) is 9. The second kappa shape index (κ2) is 12.7. The van der Waals surface area contributed by atoms with Crippen molar-refractivity contribution in [2.45, 2.75) is 6.61 Å². The van der Waals surface area contributed by atoms with Gasteiger partial charge in [0.15, 0.2) is 5.75 Å². The molecular weight excluding hydrogens is 496 g/mol. The molecule has 11 nitrogen and oxygen atoms in total. The van der Waals surface area contributed by atoms with Gasteiger partial charge < -0.3 is 36.4 Å². The first-order valence-electron chi connectivity index (χ1n) is 11.5. The molecule has 1 heterocycles. The second-order valence-corrected chi connectivity index (χ2v) is 8.48. The number of nitrogens with one attached hydrogen (secondary N) is 5. The lowest BCUT2D eigenvalue weighted by Crippen LogP contribution is -2.27. The Morgan fingerprint density at radius 1 is 1.24 bits per heavy atom. The number of carbonyl (C=O) groups is 1. The number of carbonyl (C=O) groups excluding carboxylic acids is 1. The van der Waals surface area contributed by atoms with Gasteiger partial charge in [-0.25, -0.2) is 5.84 Å². The molecule has 0 atom stereocenters. The minimum atomic E-state index is -3.11. The molecule has 0 fully saturated rings. The highest BCUT2D eigenvalue weighted by Gasteiger charge is 2.17. The van der Waals surface area contributed by atoms with Crippen molar-refractivity contribution in [1.29, 1.82) is 5.41 Å². The van der Waals surface area contributed by atoms with E-state index in [4.69, 9.17) is 16.0 Å². The third-order valence-corrected chi connectivity index (χ3v) is 5.42. The molecule has 0 aliphatic rings. The van der Waals surface area contributed by atoms with Crippen LogP contribution in [-0.4, -0.2) is 60.1 Å². The molecule has 0 aliphatic carbocycles. The SMILES string of the molecule is C=CC(=O)Nc1cc(N/C(=C/C(=N)c2ccc3c(cnn3C)c2)NN)c(OC(F)F)cc1NCCN(C)C. The Labute approximate surface area is 218 Å². The van der Waals surface area contributed by atoms with Crippen LogP contribution in [-0.2, 0) is 11.8 Å². The predicted molar refractivity (Wildman–Crippen MR) is 146 cm³/mol. The fourth-order valence-corrected chi connectivity index (χ4v) is 3.54. The minimum Gasteiger partial charge on any atom is -0.433 e. The normalized spacial score (nSPS) is 11.5. The summed E-state index contributed by atoms with van der Waals surface area (Å²) in [5.41, 5.74) is 4.75. The van der Waals surface area contributed by atoms with Crippen LogP contribution in [0.2, 0.25) is 0 Å². The van der Waals surface area contributed by atoms with Crippen LogP contribution < -0.4 is 32.0 Å². The molecule has 7 N–H and O–H groups in total. The quantitative estimate of drug-likeness (QED) is 0.0861. The van der Waals surface area contributed by atoms with E-state index < -0.39 is 12.5 Å². The average molecular weight is 528 g/mol. The molecule has 0 bridgehead atoms. The Hall–Kier alpha value is -4.49. The van der Waals surface area contributed by atoms with E-state index in [2.05, 4.69) is 33.1 Å². The van der Waals surface area contributed by atoms with Crippen molar-refractivity contribution in [1.82, 2.24) is 20.1 Å². The van der Waals surface area contributed by atoms with E-state index in [1.165, 1.54) is 18.2 Å². The summed E-state index contributed by atoms with van der Waals surface area (Å²) in [4.78, 5) is 14.0. The maximum atomic E-state index is 13.3. The van der Waals surface area contributed by atoms with Crippen LogP contribution in [0.5, 0.6) is 5.75 Å². The molecule has 1 amide bonds. The molecule has 3 rings (SSSR count). The zero-order chi connectivity index (χ0) is 27.8. The number of hydrogen-bond donors (Lipinski definition) is 6. The van der Waals surface area contributed by atoms with Crippen molar-refractivity contribution in [2.75, 3.05) is 43.1 Å². The predicted octanol–water partition coefficient (Wildman–Crippen LogP) is 3.06. The molecule has 0 saturated heterocycles. The van der Waals surface area contributed by atoms with E-state index in [-0.39, 0.29) is 23.0 Å². The lowest BCUT2D eigenvalue weighted by Gasteiger charge is -2.20. The van der Waals surface area contributed by atoms with Gasteiger partial charge in [0.25, 0.3) is 0 Å². The van der Waals surface area contributed by atoms with E-state index in [1.807, 2.05) is 32.1 Å². The fraction of sp³-hybridized carbons (Fsp3) is 0.240. The number of halogens is 2. The third kappa shape index (κ3) is 7.27. The summed E-state index contributed by atoms with van der Waals surface area (Å²) in [5, 5.41) is 22.2. The van der Waals surface area contributed by atoms with Crippen LogP contribution in [0, 0.1) is 5.41 Å². The van der Waals surface area contributed by atoms with Crippen molar-refractivity contribution >= 4 is 39.6 Å². The minimum absolute atomic E-state index is 0.0718. The smallest absolute Gasteiger partial charge is 0.387 e. The maximum absolute atomic E-state index is 13.3. The molecule has 0 saturated carbocycles. The Morgan fingerprint density at radius 2 is 2.00 bits per heavy atom. The van der Waals surface area contributed by atoms with Crippen LogP contribution in [0.4, 0.5) is 25.8 Å². The summed E-state index contributed by atoms with van der Waals surface area (Å²) in [7, 11) is 5.60. The maximum Gasteiger partial charge on any atom is 0.387 e. The van der Waals surface area contributed by atoms with Gasteiger partial charge >= 0.3 is 6.61 Å². The highest BCUT2D eigenvalue weighted by atomic mass is 19.3. The molecule has 0 radical (unpaired) electrons. The van der Waals surface area contributed by atoms with Crippen LogP contribution in [0.25, 0.3) is 10.9 Å². The topological polar surface area (TPSA) is 145 Å². The van der Waals surface area contributed by atoms with Crippen LogP contribution >= 0.6 is 0 Å². The number of alkyl halides is 2. The van der Waals surface area contributed by atoms with E-state index in [0.29, 0.717) is 30.0 Å². The molecule has 202 valence electrons. The van der Waals surface area contributed by atoms with Crippen LogP contribution in [0.3, 0.4) is 0 Å². The van der Waals surface area contributed by atoms with E-state index in [0.717, 1.165) is 17.0 Å². The van der Waals surface area contributed by atoms with Gasteiger partial charge in [0.05, 0.1) is 34.5 Å². The molecule has 0 unspecified atom stereocenters. The fourth-order valence-electron chi connectivity index (χ4n) is 3.54. The number of rotatable bonds is 13. The highest BCUT2D eigenvalue weighted by molar-refractivity contribution is 6.09. The number of hydrazine groups is 1. The standard InChI is InChI=1S/C25H31F2N9O2/c1-5-24(37)33-19-12-20(22(38-25(26)27)13-18(19)30-8-9-35(2)3)32-23(34-29)11-17(28)15-6-7-21-16(10-15)14-31-36(21)4/h5-7,10-14,25,28,30,32,34H,1,8-9,29H2,2-4H3,(H,33,37)/b23-11-,28-17?. The molecule has 3 aromatic rings. The van der Waals surface area contributed by atoms with Gasteiger partial charge in [-0.15, -0.1) is 0 Å². The van der Waals surface area contributed by atoms with Gasteiger partial charge in [-0.2, -0.15) is 13.9 Å². The van der Waals surface area contributed by atoms with Gasteiger partial charge in [0.2, 0.25) is 5.91 Å². The number of likely N-dealkylation sites (N-methyl/N-ethyl adjacent to an activating group) is 1. The summed E-state index contributed by atoms with van der Waals surface area (Å²) < 4.78 is 33.0. The van der Waals surface area contributed by atoms with Crippen molar-refractivity contribution in [3.8, 4) is 5.75 Å². The largest absolute Gasteiger partial charge is 0.433 e. The first-order valence-corrected chi connectivity index (χ1v) is 11.5. The van der Waals surface area contributed by atoms with Gasteiger partial charge in [-0.3, -0.25) is 9.48 Å². The van der Waals surface area contributed by atoms with E-state index in [1.54, 1.807) is 23.0 Å². The first kappa shape index (κ1) is 28.1. The summed E-state index contributed by atoms with van der Waals surface area (Å²) in [6.07, 6.45) is 4.18. The van der Waals surface area contributed by atoms with Gasteiger partial charge in [0, 0.05) is 43.2 Å². The molecular formula is C25H31F2N9O2. The summed E-state index contributed by atoms with van der Waals surface area (Å²) in [6.45, 7) is 1.46. The Bertz CT molecular complexity index is 1350. The summed E-state index contributed by atoms with van der Waals surface area (Å²) in [6, 6.07) is 8.18. The van der Waals surface area contributed by atoms with Crippen molar-refractivity contribution in [3.05, 3.63) is 66.6 Å². The molecule has 0 aliphatic heterocycles. The molecule has 2 aromatic carbocycles. The number of benzene rings is 2. The van der Waals surface area contributed by atoms with Gasteiger partial charge in [-0.05, 0) is 38.4 Å². The van der Waals surface area contributed by atoms with Gasteiger partial charge in [0.1, 0.15) is 5.82 Å². The number of anilines is 3. The molecule has 1 aromatic heterocycles. The Morgan fingerprint density at radius 3 is 2.66 bits per heavy atom. The lowest BCUT2D eigenvalue weighted by atomic mass is 10.1. The monoisotopic (exact) mass is 527 g/mol. The molecule has 13 heteroatoms. The average Bonchev–Trinajstić information content (AvgIpc) is 3.24. The van der Waals surface area contributed by atoms with E-state index >= 15 is 0 Å². The Kier molecular flexibility index (Phi) is 9.35. The summed E-state index contributed by atoms with van der Waals surface area (Å²) >= 11 is 0. The number of aryl methyl sites for hydroxylation is 1. The number of nitrogens with zero attached hydrogens (tertiary/aromatic N) is 3. The van der Waals surface area contributed by atoms with Gasteiger partial charge in [-0.1, -0.05) is 12.6 Å². The third-order valence-electron chi connectivity index (χ3n) is 5.42. The highest BCUT2D eigenvalue weighted by Crippen LogP contribution is 2.36. The van der Waals surface area contributed by atoms with Crippen LogP contribution in [0.15, 0.2) is 61.1 Å². The number of allylic oxidation sites excluding steroid dienone is 1. The second-order valence-electron chi connectivity index (χ2n) is 8.48. The molecule has 0 spiro atoms. The number of amides is 1. The lowest BCUT2D eigenvalue weighted by molar-refractivity contribution is -0.111. The Balaban J connectivity index is 1.96. The molecule has 38 heavy (non-hydrogen) atoms. The van der Waals surface area contributed by atoms with Crippen molar-refractivity contribution in [2.24, 2.45) is 12.9 Å². The number of ether oxygens (including phenoxy) is 1.